The monoisotopic (exact) mass is 349 g/mol. The molecule has 0 aliphatic carbocycles. The number of hydrogen-bond donors (Lipinski definition) is 0. The summed E-state index contributed by atoms with van der Waals surface area (Å²) in [7, 11) is 1.62. The van der Waals surface area contributed by atoms with Gasteiger partial charge in [-0.15, -0.1) is 0 Å². The third kappa shape index (κ3) is 2.61. The molecule has 0 spiro atoms. The Morgan fingerprint density at radius 1 is 1.23 bits per heavy atom. The zero-order valence-electron chi connectivity index (χ0n) is 14.7. The molecule has 0 fully saturated rings. The van der Waals surface area contributed by atoms with E-state index < -0.39 is 0 Å². The van der Waals surface area contributed by atoms with Crippen LogP contribution < -0.4 is 10.3 Å². The van der Waals surface area contributed by atoms with E-state index in [1.54, 1.807) is 22.4 Å². The molecule has 0 amide bonds. The number of nitrogens with zero attached hydrogens (tertiary/aromatic N) is 5. The van der Waals surface area contributed by atoms with Crippen LogP contribution in [0.3, 0.4) is 0 Å². The lowest BCUT2D eigenvalue weighted by Crippen LogP contribution is -2.21. The number of fused-ring (bicyclic) bond motifs is 2. The van der Waals surface area contributed by atoms with Crippen molar-refractivity contribution < 1.29 is 4.74 Å². The van der Waals surface area contributed by atoms with Crippen molar-refractivity contribution in [2.45, 2.75) is 26.3 Å². The average molecular weight is 349 g/mol. The van der Waals surface area contributed by atoms with Gasteiger partial charge in [0.05, 0.1) is 23.7 Å². The minimum absolute atomic E-state index is 0.0707. The van der Waals surface area contributed by atoms with E-state index in [0.717, 1.165) is 18.4 Å². The van der Waals surface area contributed by atoms with Crippen molar-refractivity contribution in [3.8, 4) is 17.0 Å². The van der Waals surface area contributed by atoms with Gasteiger partial charge in [-0.25, -0.2) is 4.98 Å². The van der Waals surface area contributed by atoms with Gasteiger partial charge in [-0.2, -0.15) is 14.6 Å². The number of aromatic nitrogens is 5. The highest BCUT2D eigenvalue weighted by atomic mass is 16.5. The van der Waals surface area contributed by atoms with Crippen LogP contribution in [0.2, 0.25) is 0 Å². The molecule has 0 saturated heterocycles. The average Bonchev–Trinajstić information content (AvgIpc) is 3.14. The lowest BCUT2D eigenvalue weighted by atomic mass is 10.1. The Balaban J connectivity index is 2.09. The number of ether oxygens (including phenoxy) is 1. The molecule has 4 rings (SSSR count). The van der Waals surface area contributed by atoms with E-state index in [2.05, 4.69) is 22.0 Å². The van der Waals surface area contributed by atoms with Crippen LogP contribution in [-0.4, -0.2) is 31.3 Å². The first-order chi connectivity index (χ1) is 12.7. The Hall–Kier alpha value is -3.22. The van der Waals surface area contributed by atoms with Crippen LogP contribution in [0.4, 0.5) is 0 Å². The van der Waals surface area contributed by atoms with E-state index in [9.17, 15) is 4.79 Å². The van der Waals surface area contributed by atoms with Gasteiger partial charge in [-0.1, -0.05) is 25.5 Å². The molecule has 0 saturated carbocycles. The summed E-state index contributed by atoms with van der Waals surface area (Å²) in [5.74, 6) is 1.17. The molecule has 0 bridgehead atoms. The van der Waals surface area contributed by atoms with E-state index >= 15 is 0 Å². The summed E-state index contributed by atoms with van der Waals surface area (Å²) in [5.41, 5.74) is 2.05. The summed E-state index contributed by atoms with van der Waals surface area (Å²) in [6.07, 6.45) is 5.21. The molecule has 3 aromatic heterocycles. The Bertz CT molecular complexity index is 1150. The zero-order chi connectivity index (χ0) is 18.1. The van der Waals surface area contributed by atoms with Crippen molar-refractivity contribution in [3.05, 3.63) is 53.2 Å². The molecular formula is C19H19N5O2. The van der Waals surface area contributed by atoms with Gasteiger partial charge in [0, 0.05) is 18.3 Å². The minimum atomic E-state index is -0.0707. The summed E-state index contributed by atoms with van der Waals surface area (Å²) in [6, 6.07) is 9.44. The van der Waals surface area contributed by atoms with Gasteiger partial charge >= 0.3 is 0 Å². The number of benzene rings is 1. The predicted octanol–water partition coefficient (Wildman–Crippen LogP) is 2.91. The molecule has 1 aromatic carbocycles. The summed E-state index contributed by atoms with van der Waals surface area (Å²) >= 11 is 0. The number of aryl methyl sites for hydroxylation is 1. The second-order valence-electron chi connectivity index (χ2n) is 6.09. The Labute approximate surface area is 149 Å². The maximum Gasteiger partial charge on any atom is 0.262 e. The first-order valence-corrected chi connectivity index (χ1v) is 8.60. The molecule has 0 radical (unpaired) electrons. The van der Waals surface area contributed by atoms with Crippen molar-refractivity contribution in [3.63, 3.8) is 0 Å². The maximum absolute atomic E-state index is 13.2. The molecule has 3 heterocycles. The fourth-order valence-electron chi connectivity index (χ4n) is 3.11. The third-order valence-electron chi connectivity index (χ3n) is 4.44. The second-order valence-corrected chi connectivity index (χ2v) is 6.09. The first kappa shape index (κ1) is 16.3. The van der Waals surface area contributed by atoms with E-state index in [0.29, 0.717) is 34.7 Å². The fourth-order valence-corrected chi connectivity index (χ4v) is 3.11. The summed E-state index contributed by atoms with van der Waals surface area (Å²) < 4.78 is 8.69. The third-order valence-corrected chi connectivity index (χ3v) is 4.44. The SMILES string of the molecule is CCCCn1ccc2nc3ncnn3c(-c3cccc(OC)c3)c2c1=O. The molecule has 7 nitrogen and oxygen atoms in total. The van der Waals surface area contributed by atoms with Crippen molar-refractivity contribution in [2.24, 2.45) is 0 Å². The quantitative estimate of drug-likeness (QED) is 0.554. The van der Waals surface area contributed by atoms with Gasteiger partial charge in [0.15, 0.2) is 0 Å². The zero-order valence-corrected chi connectivity index (χ0v) is 14.7. The summed E-state index contributed by atoms with van der Waals surface area (Å²) in [6.45, 7) is 2.78. The van der Waals surface area contributed by atoms with Crippen LogP contribution in [0.25, 0.3) is 27.9 Å². The van der Waals surface area contributed by atoms with Crippen LogP contribution in [-0.2, 0) is 6.54 Å². The van der Waals surface area contributed by atoms with E-state index in [-0.39, 0.29) is 5.56 Å². The smallest absolute Gasteiger partial charge is 0.262 e. The Kier molecular flexibility index (Phi) is 4.12. The maximum atomic E-state index is 13.2. The Morgan fingerprint density at radius 2 is 2.12 bits per heavy atom. The van der Waals surface area contributed by atoms with Crippen LogP contribution >= 0.6 is 0 Å². The number of methoxy groups -OCH3 is 1. The fraction of sp³-hybridized carbons (Fsp3) is 0.263. The standard InChI is InChI=1S/C19H19N5O2/c1-3-4-9-23-10-8-15-16(18(23)25)17(24-19(22-15)20-12-21-24)13-6-5-7-14(11-13)26-2/h5-8,10-12H,3-4,9H2,1-2H3. The van der Waals surface area contributed by atoms with Gasteiger partial charge in [0.1, 0.15) is 12.1 Å². The summed E-state index contributed by atoms with van der Waals surface area (Å²) in [5, 5.41) is 4.82. The molecule has 0 aliphatic heterocycles. The van der Waals surface area contributed by atoms with Crippen LogP contribution in [0.15, 0.2) is 47.7 Å². The number of hydrogen-bond acceptors (Lipinski definition) is 5. The molecule has 4 aromatic rings. The molecule has 26 heavy (non-hydrogen) atoms. The van der Waals surface area contributed by atoms with Gasteiger partial charge < -0.3 is 9.30 Å². The molecule has 132 valence electrons. The van der Waals surface area contributed by atoms with Gasteiger partial charge in [-0.05, 0) is 24.6 Å². The molecule has 0 atom stereocenters. The van der Waals surface area contributed by atoms with E-state index in [1.165, 1.54) is 6.33 Å². The topological polar surface area (TPSA) is 74.3 Å². The number of pyridine rings is 1. The normalized spacial score (nSPS) is 11.3. The van der Waals surface area contributed by atoms with Gasteiger partial charge in [0.25, 0.3) is 11.3 Å². The van der Waals surface area contributed by atoms with Crippen molar-refractivity contribution in [1.82, 2.24) is 24.1 Å². The van der Waals surface area contributed by atoms with Crippen molar-refractivity contribution in [2.75, 3.05) is 7.11 Å². The lowest BCUT2D eigenvalue weighted by molar-refractivity contribution is 0.415. The molecule has 0 aliphatic rings. The minimum Gasteiger partial charge on any atom is -0.497 e. The van der Waals surface area contributed by atoms with Crippen LogP contribution in [0, 0.1) is 0 Å². The highest BCUT2D eigenvalue weighted by molar-refractivity contribution is 5.93. The predicted molar refractivity (Wildman–Crippen MR) is 99.4 cm³/mol. The highest BCUT2D eigenvalue weighted by Gasteiger charge is 2.17. The Morgan fingerprint density at radius 3 is 2.92 bits per heavy atom. The second kappa shape index (κ2) is 6.59. The summed E-state index contributed by atoms with van der Waals surface area (Å²) in [4.78, 5) is 21.9. The van der Waals surface area contributed by atoms with Crippen LogP contribution in [0.5, 0.6) is 5.75 Å². The van der Waals surface area contributed by atoms with Gasteiger partial charge in [0.2, 0.25) is 0 Å². The number of unbranched alkanes of at least 4 members (excludes halogenated alkanes) is 1. The molecular weight excluding hydrogens is 330 g/mol. The largest absolute Gasteiger partial charge is 0.497 e. The molecule has 0 N–H and O–H groups in total. The molecule has 0 unspecified atom stereocenters. The van der Waals surface area contributed by atoms with Gasteiger partial charge in [-0.3, -0.25) is 4.79 Å². The molecule has 7 heteroatoms. The van der Waals surface area contributed by atoms with Crippen LogP contribution in [0.1, 0.15) is 19.8 Å². The van der Waals surface area contributed by atoms with Crippen molar-refractivity contribution >= 4 is 16.7 Å². The van der Waals surface area contributed by atoms with Crippen molar-refractivity contribution in [1.29, 1.82) is 0 Å². The lowest BCUT2D eigenvalue weighted by Gasteiger charge is -2.12. The van der Waals surface area contributed by atoms with E-state index in [4.69, 9.17) is 4.74 Å². The van der Waals surface area contributed by atoms with E-state index in [1.807, 2.05) is 30.3 Å². The first-order valence-electron chi connectivity index (χ1n) is 8.60. The number of rotatable bonds is 5. The highest BCUT2D eigenvalue weighted by Crippen LogP contribution is 2.28.